The van der Waals surface area contributed by atoms with Crippen LogP contribution in [0.15, 0.2) is 27.6 Å². The fourth-order valence-electron chi connectivity index (χ4n) is 3.12. The minimum absolute atomic E-state index is 0. The minimum atomic E-state index is -3.70. The third-order valence-electron chi connectivity index (χ3n) is 3.98. The van der Waals surface area contributed by atoms with Gasteiger partial charge in [-0.3, -0.25) is 0 Å². The lowest BCUT2D eigenvalue weighted by molar-refractivity contribution is 0.345. The van der Waals surface area contributed by atoms with Crippen molar-refractivity contribution in [1.29, 1.82) is 0 Å². The predicted octanol–water partition coefficient (Wildman–Crippen LogP) is 2.57. The van der Waals surface area contributed by atoms with Gasteiger partial charge < -0.3 is 5.32 Å². The second-order valence-corrected chi connectivity index (χ2v) is 8.04. The van der Waals surface area contributed by atoms with Gasteiger partial charge in [0.05, 0.1) is 4.90 Å². The largest absolute Gasteiger partial charge is 0.311 e. The second-order valence-electron chi connectivity index (χ2n) is 5.50. The van der Waals surface area contributed by atoms with Crippen molar-refractivity contribution in [2.24, 2.45) is 0 Å². The molecule has 2 saturated heterocycles. The number of nitrogens with one attached hydrogen (secondary N) is 2. The molecule has 2 aliphatic rings. The molecule has 2 unspecified atom stereocenters. The number of hydrogen-bond donors (Lipinski definition) is 2. The summed E-state index contributed by atoms with van der Waals surface area (Å²) in [5, 5.41) is 3.46. The zero-order chi connectivity index (χ0) is 14.3. The molecule has 4 nitrogen and oxygen atoms in total. The van der Waals surface area contributed by atoms with E-state index in [1.54, 1.807) is 0 Å². The van der Waals surface area contributed by atoms with Crippen molar-refractivity contribution >= 4 is 38.4 Å². The highest BCUT2D eigenvalue weighted by Gasteiger charge is 2.35. The average Bonchev–Trinajstić information content (AvgIpc) is 2.71. The van der Waals surface area contributed by atoms with E-state index < -0.39 is 15.8 Å². The van der Waals surface area contributed by atoms with Crippen molar-refractivity contribution in [3.8, 4) is 0 Å². The molecule has 118 valence electrons. The van der Waals surface area contributed by atoms with E-state index >= 15 is 0 Å². The lowest BCUT2D eigenvalue weighted by Crippen LogP contribution is -2.47. The number of hydrogen-bond acceptors (Lipinski definition) is 3. The van der Waals surface area contributed by atoms with Gasteiger partial charge in [-0.05, 0) is 59.8 Å². The minimum Gasteiger partial charge on any atom is -0.311 e. The Hall–Kier alpha value is -0.210. The fraction of sp³-hybridized carbons (Fsp3) is 0.538. The maximum absolute atomic E-state index is 13.3. The molecular weight excluding hydrogens is 383 g/mol. The number of piperidine rings is 1. The Balaban J connectivity index is 0.00000161. The quantitative estimate of drug-likeness (QED) is 0.821. The Morgan fingerprint density at radius 1 is 1.24 bits per heavy atom. The van der Waals surface area contributed by atoms with Crippen LogP contribution in [-0.2, 0) is 10.0 Å². The van der Waals surface area contributed by atoms with Crippen LogP contribution in [0.4, 0.5) is 4.39 Å². The van der Waals surface area contributed by atoms with Crippen LogP contribution in [0.3, 0.4) is 0 Å². The molecule has 2 bridgehead atoms. The summed E-state index contributed by atoms with van der Waals surface area (Å²) in [6, 6.07) is 4.41. The summed E-state index contributed by atoms with van der Waals surface area (Å²) in [5.74, 6) is -0.557. The van der Waals surface area contributed by atoms with Gasteiger partial charge >= 0.3 is 0 Å². The van der Waals surface area contributed by atoms with E-state index in [9.17, 15) is 12.8 Å². The van der Waals surface area contributed by atoms with Gasteiger partial charge in [0, 0.05) is 22.6 Å². The molecular formula is C13H17BrClFN2O2S. The molecule has 0 saturated carbocycles. The normalized spacial score (nSPS) is 28.2. The molecule has 1 aromatic carbocycles. The molecule has 0 spiro atoms. The first-order valence-electron chi connectivity index (χ1n) is 6.67. The topological polar surface area (TPSA) is 58.2 Å². The van der Waals surface area contributed by atoms with Gasteiger partial charge in [-0.1, -0.05) is 0 Å². The first kappa shape index (κ1) is 17.1. The van der Waals surface area contributed by atoms with Crippen LogP contribution >= 0.6 is 28.3 Å². The predicted molar refractivity (Wildman–Crippen MR) is 84.6 cm³/mol. The number of rotatable bonds is 3. The van der Waals surface area contributed by atoms with E-state index in [2.05, 4.69) is 26.0 Å². The molecule has 8 heteroatoms. The van der Waals surface area contributed by atoms with Crippen LogP contribution < -0.4 is 10.0 Å². The summed E-state index contributed by atoms with van der Waals surface area (Å²) < 4.78 is 41.1. The second kappa shape index (κ2) is 6.50. The van der Waals surface area contributed by atoms with Crippen molar-refractivity contribution < 1.29 is 12.8 Å². The monoisotopic (exact) mass is 398 g/mol. The Labute approximate surface area is 138 Å². The first-order valence-corrected chi connectivity index (χ1v) is 8.95. The van der Waals surface area contributed by atoms with Crippen LogP contribution in [0.25, 0.3) is 0 Å². The highest BCUT2D eigenvalue weighted by Crippen LogP contribution is 2.29. The van der Waals surface area contributed by atoms with Crippen LogP contribution in [-0.4, -0.2) is 26.5 Å². The molecule has 21 heavy (non-hydrogen) atoms. The number of halogens is 3. The zero-order valence-electron chi connectivity index (χ0n) is 11.2. The Bertz CT molecular complexity index is 617. The molecule has 2 heterocycles. The lowest BCUT2D eigenvalue weighted by Gasteiger charge is -2.29. The first-order chi connectivity index (χ1) is 9.44. The maximum Gasteiger partial charge on any atom is 0.242 e. The molecule has 3 rings (SSSR count). The molecule has 2 aliphatic heterocycles. The van der Waals surface area contributed by atoms with Crippen LogP contribution in [0.1, 0.15) is 25.7 Å². The van der Waals surface area contributed by atoms with Crippen LogP contribution in [0.2, 0.25) is 0 Å². The molecule has 0 amide bonds. The van der Waals surface area contributed by atoms with Gasteiger partial charge in [0.25, 0.3) is 0 Å². The molecule has 2 atom stereocenters. The molecule has 0 aromatic heterocycles. The van der Waals surface area contributed by atoms with E-state index in [1.165, 1.54) is 12.1 Å². The zero-order valence-corrected chi connectivity index (χ0v) is 14.4. The standard InChI is InChI=1S/C13H16BrFN2O2S.ClH/c14-12-4-1-8(15)5-13(12)20(18,19)17-11-6-9-2-3-10(7-11)16-9;/h1,4-5,9-11,16-17H,2-3,6-7H2;1H. The summed E-state index contributed by atoms with van der Waals surface area (Å²) in [7, 11) is -3.70. The third-order valence-corrected chi connectivity index (χ3v) is 6.49. The third kappa shape index (κ3) is 3.76. The summed E-state index contributed by atoms with van der Waals surface area (Å²) in [4.78, 5) is -0.0385. The van der Waals surface area contributed by atoms with Gasteiger partial charge in [0.1, 0.15) is 5.82 Å². The smallest absolute Gasteiger partial charge is 0.242 e. The summed E-state index contributed by atoms with van der Waals surface area (Å²) in [5.41, 5.74) is 0. The molecule has 2 N–H and O–H groups in total. The van der Waals surface area contributed by atoms with E-state index in [1.807, 2.05) is 0 Å². The van der Waals surface area contributed by atoms with Gasteiger partial charge in [0.15, 0.2) is 0 Å². The Kier molecular flexibility index (Phi) is 5.31. The number of benzene rings is 1. The van der Waals surface area contributed by atoms with Crippen LogP contribution in [0.5, 0.6) is 0 Å². The van der Waals surface area contributed by atoms with Gasteiger partial charge in [-0.15, -0.1) is 12.4 Å². The van der Waals surface area contributed by atoms with Gasteiger partial charge in [-0.2, -0.15) is 0 Å². The number of sulfonamides is 1. The van der Waals surface area contributed by atoms with E-state index in [0.717, 1.165) is 31.7 Å². The van der Waals surface area contributed by atoms with Gasteiger partial charge in [0.2, 0.25) is 10.0 Å². The number of fused-ring (bicyclic) bond motifs is 2. The summed E-state index contributed by atoms with van der Waals surface area (Å²) in [6.07, 6.45) is 3.80. The maximum atomic E-state index is 13.3. The molecule has 0 radical (unpaired) electrons. The Morgan fingerprint density at radius 2 is 1.86 bits per heavy atom. The van der Waals surface area contributed by atoms with E-state index in [0.29, 0.717) is 16.6 Å². The van der Waals surface area contributed by atoms with Crippen molar-refractivity contribution in [3.63, 3.8) is 0 Å². The van der Waals surface area contributed by atoms with Crippen LogP contribution in [0, 0.1) is 5.82 Å². The molecule has 1 aromatic rings. The summed E-state index contributed by atoms with van der Waals surface area (Å²) >= 11 is 3.17. The van der Waals surface area contributed by atoms with Crippen molar-refractivity contribution in [2.75, 3.05) is 0 Å². The van der Waals surface area contributed by atoms with E-state index in [4.69, 9.17) is 0 Å². The van der Waals surface area contributed by atoms with Crippen molar-refractivity contribution in [1.82, 2.24) is 10.0 Å². The Morgan fingerprint density at radius 3 is 2.48 bits per heavy atom. The van der Waals surface area contributed by atoms with Crippen molar-refractivity contribution in [3.05, 3.63) is 28.5 Å². The van der Waals surface area contributed by atoms with E-state index in [-0.39, 0.29) is 23.3 Å². The molecule has 2 fully saturated rings. The SMILES string of the molecule is Cl.O=S(=O)(NC1CC2CCC(C1)N2)c1cc(F)ccc1Br. The molecule has 0 aliphatic carbocycles. The average molecular weight is 400 g/mol. The van der Waals surface area contributed by atoms with Crippen molar-refractivity contribution in [2.45, 2.75) is 48.7 Å². The highest BCUT2D eigenvalue weighted by molar-refractivity contribution is 9.10. The summed E-state index contributed by atoms with van der Waals surface area (Å²) in [6.45, 7) is 0. The van der Waals surface area contributed by atoms with Gasteiger partial charge in [-0.25, -0.2) is 17.5 Å². The fourth-order valence-corrected chi connectivity index (χ4v) is 5.36. The highest BCUT2D eigenvalue weighted by atomic mass is 79.9. The lowest BCUT2D eigenvalue weighted by atomic mass is 10.0.